The molecule has 0 spiro atoms. The predicted octanol–water partition coefficient (Wildman–Crippen LogP) is 2.89. The summed E-state index contributed by atoms with van der Waals surface area (Å²) in [4.78, 5) is 10.0. The lowest BCUT2D eigenvalue weighted by molar-refractivity contribution is -0.385. The van der Waals surface area contributed by atoms with Crippen molar-refractivity contribution >= 4 is 27.3 Å². The molecule has 0 aliphatic rings. The van der Waals surface area contributed by atoms with Crippen molar-refractivity contribution in [2.24, 2.45) is 0 Å². The van der Waals surface area contributed by atoms with Crippen LogP contribution in [0.4, 0.5) is 5.69 Å². The van der Waals surface area contributed by atoms with E-state index in [-0.39, 0.29) is 17.1 Å². The van der Waals surface area contributed by atoms with Gasteiger partial charge in [0, 0.05) is 22.7 Å². The molecule has 0 fully saturated rings. The Bertz CT molecular complexity index is 946. The average Bonchev–Trinajstić information content (AvgIpc) is 2.51. The largest absolute Gasteiger partial charge is 0.270 e. The van der Waals surface area contributed by atoms with E-state index in [2.05, 4.69) is 16.6 Å². The van der Waals surface area contributed by atoms with Crippen molar-refractivity contribution in [3.05, 3.63) is 68.7 Å². The fourth-order valence-corrected chi connectivity index (χ4v) is 3.29. The molecule has 0 saturated carbocycles. The van der Waals surface area contributed by atoms with Crippen LogP contribution in [0.25, 0.3) is 0 Å². The number of nitro benzene ring substituents is 1. The van der Waals surface area contributed by atoms with Gasteiger partial charge in [0.15, 0.2) is 0 Å². The van der Waals surface area contributed by atoms with Gasteiger partial charge in [-0.15, -0.1) is 0 Å². The fourth-order valence-electron chi connectivity index (χ4n) is 1.91. The van der Waals surface area contributed by atoms with Crippen LogP contribution in [0.3, 0.4) is 0 Å². The zero-order valence-electron chi connectivity index (χ0n) is 12.6. The molecule has 1 N–H and O–H groups in total. The van der Waals surface area contributed by atoms with Gasteiger partial charge in [-0.25, -0.2) is 8.42 Å². The van der Waals surface area contributed by atoms with Crippen LogP contribution in [-0.2, 0) is 10.0 Å². The first-order valence-electron chi connectivity index (χ1n) is 6.79. The van der Waals surface area contributed by atoms with Gasteiger partial charge < -0.3 is 0 Å². The van der Waals surface area contributed by atoms with Gasteiger partial charge in [-0.3, -0.25) is 10.1 Å². The molecule has 0 aromatic heterocycles. The zero-order valence-corrected chi connectivity index (χ0v) is 14.2. The minimum atomic E-state index is -3.89. The van der Waals surface area contributed by atoms with Crippen LogP contribution in [0.2, 0.25) is 5.02 Å². The van der Waals surface area contributed by atoms with Crippen LogP contribution in [0.1, 0.15) is 11.1 Å². The Hall–Kier alpha value is -2.40. The summed E-state index contributed by atoms with van der Waals surface area (Å²) in [5.41, 5.74) is 0.787. The van der Waals surface area contributed by atoms with Crippen LogP contribution in [0.5, 0.6) is 0 Å². The molecule has 0 saturated heterocycles. The van der Waals surface area contributed by atoms with Crippen LogP contribution in [-0.4, -0.2) is 19.9 Å². The van der Waals surface area contributed by atoms with Crippen molar-refractivity contribution < 1.29 is 13.3 Å². The Balaban J connectivity index is 2.15. The highest BCUT2D eigenvalue weighted by molar-refractivity contribution is 7.89. The van der Waals surface area contributed by atoms with E-state index in [1.807, 2.05) is 0 Å². The SMILES string of the molecule is Cc1ccc([N+](=O)[O-])cc1S(=O)(=O)NCC#Cc1cccc(Cl)c1. The quantitative estimate of drug-likeness (QED) is 0.513. The number of rotatable bonds is 4. The molecule has 0 aliphatic carbocycles. The minimum Gasteiger partial charge on any atom is -0.258 e. The normalized spacial score (nSPS) is 10.8. The maximum atomic E-state index is 12.3. The Kier molecular flexibility index (Phi) is 5.57. The molecule has 0 aliphatic heterocycles. The van der Waals surface area contributed by atoms with E-state index in [4.69, 9.17) is 11.6 Å². The van der Waals surface area contributed by atoms with E-state index >= 15 is 0 Å². The third kappa shape index (κ3) is 4.55. The van der Waals surface area contributed by atoms with Gasteiger partial charge in [-0.2, -0.15) is 4.72 Å². The standard InChI is InChI=1S/C16H13ClN2O4S/c1-12-7-8-15(19(20)21)11-16(12)24(22,23)18-9-3-5-13-4-2-6-14(17)10-13/h2,4,6-8,10-11,18H,9H2,1H3. The summed E-state index contributed by atoms with van der Waals surface area (Å²) in [6.45, 7) is 1.44. The lowest BCUT2D eigenvalue weighted by Gasteiger charge is -2.07. The van der Waals surface area contributed by atoms with Gasteiger partial charge in [-0.05, 0) is 30.7 Å². The van der Waals surface area contributed by atoms with Crippen molar-refractivity contribution in [2.45, 2.75) is 11.8 Å². The number of sulfonamides is 1. The molecule has 8 heteroatoms. The first-order valence-corrected chi connectivity index (χ1v) is 8.65. The molecule has 2 rings (SSSR count). The molecule has 0 unspecified atom stereocenters. The second kappa shape index (κ2) is 7.45. The first-order chi connectivity index (χ1) is 11.3. The molecule has 6 nitrogen and oxygen atoms in total. The van der Waals surface area contributed by atoms with Crippen molar-refractivity contribution in [1.82, 2.24) is 4.72 Å². The number of non-ortho nitro benzene ring substituents is 1. The van der Waals surface area contributed by atoms with Gasteiger partial charge in [-0.1, -0.05) is 35.6 Å². The highest BCUT2D eigenvalue weighted by atomic mass is 35.5. The Morgan fingerprint density at radius 3 is 2.67 bits per heavy atom. The summed E-state index contributed by atoms with van der Waals surface area (Å²) in [6.07, 6.45) is 0. The first kappa shape index (κ1) is 17.9. The fraction of sp³-hybridized carbons (Fsp3) is 0.125. The van der Waals surface area contributed by atoms with Crippen LogP contribution in [0, 0.1) is 28.9 Å². The van der Waals surface area contributed by atoms with Gasteiger partial charge in [0.25, 0.3) is 5.69 Å². The second-order valence-corrected chi connectivity index (χ2v) is 7.02. The van der Waals surface area contributed by atoms with Gasteiger partial charge >= 0.3 is 0 Å². The van der Waals surface area contributed by atoms with E-state index in [1.165, 1.54) is 12.1 Å². The van der Waals surface area contributed by atoms with Crippen molar-refractivity contribution in [3.8, 4) is 11.8 Å². The monoisotopic (exact) mass is 364 g/mol. The van der Waals surface area contributed by atoms with Crippen LogP contribution >= 0.6 is 11.6 Å². The maximum absolute atomic E-state index is 12.3. The number of hydrogen-bond acceptors (Lipinski definition) is 4. The number of nitrogens with zero attached hydrogens (tertiary/aromatic N) is 1. The Morgan fingerprint density at radius 1 is 1.25 bits per heavy atom. The van der Waals surface area contributed by atoms with E-state index in [0.717, 1.165) is 6.07 Å². The van der Waals surface area contributed by atoms with E-state index in [0.29, 0.717) is 16.1 Å². The Labute approximate surface area is 144 Å². The number of benzene rings is 2. The summed E-state index contributed by atoms with van der Waals surface area (Å²) in [5.74, 6) is 5.46. The summed E-state index contributed by atoms with van der Waals surface area (Å²) < 4.78 is 26.9. The number of nitrogens with one attached hydrogen (secondary N) is 1. The summed E-state index contributed by atoms with van der Waals surface area (Å²) in [6, 6.07) is 10.5. The number of hydrogen-bond donors (Lipinski definition) is 1. The van der Waals surface area contributed by atoms with E-state index in [9.17, 15) is 18.5 Å². The van der Waals surface area contributed by atoms with Gasteiger partial charge in [0.2, 0.25) is 10.0 Å². The average molecular weight is 365 g/mol. The molecule has 0 amide bonds. The third-order valence-electron chi connectivity index (χ3n) is 3.08. The van der Waals surface area contributed by atoms with Crippen molar-refractivity contribution in [3.63, 3.8) is 0 Å². The zero-order chi connectivity index (χ0) is 17.7. The maximum Gasteiger partial charge on any atom is 0.270 e. The molecule has 0 bridgehead atoms. The van der Waals surface area contributed by atoms with E-state index in [1.54, 1.807) is 31.2 Å². The third-order valence-corrected chi connectivity index (χ3v) is 4.86. The molecule has 2 aromatic rings. The molecule has 2 aromatic carbocycles. The molecule has 0 radical (unpaired) electrons. The molecule has 0 heterocycles. The molecular formula is C16H13ClN2O4S. The number of halogens is 1. The summed E-state index contributed by atoms with van der Waals surface area (Å²) in [5, 5.41) is 11.3. The van der Waals surface area contributed by atoms with Crippen molar-refractivity contribution in [2.75, 3.05) is 6.54 Å². The minimum absolute atomic E-state index is 0.128. The van der Waals surface area contributed by atoms with Crippen molar-refractivity contribution in [1.29, 1.82) is 0 Å². The molecule has 24 heavy (non-hydrogen) atoms. The van der Waals surface area contributed by atoms with Gasteiger partial charge in [0.05, 0.1) is 16.4 Å². The number of aryl methyl sites for hydroxylation is 1. The smallest absolute Gasteiger partial charge is 0.258 e. The molecule has 124 valence electrons. The topological polar surface area (TPSA) is 89.3 Å². The number of nitro groups is 1. The lowest BCUT2D eigenvalue weighted by Crippen LogP contribution is -2.24. The van der Waals surface area contributed by atoms with Gasteiger partial charge in [0.1, 0.15) is 0 Å². The second-order valence-electron chi connectivity index (χ2n) is 4.84. The predicted molar refractivity (Wildman–Crippen MR) is 91.4 cm³/mol. The summed E-state index contributed by atoms with van der Waals surface area (Å²) >= 11 is 5.83. The highest BCUT2D eigenvalue weighted by Gasteiger charge is 2.19. The Morgan fingerprint density at radius 2 is 2.00 bits per heavy atom. The lowest BCUT2D eigenvalue weighted by atomic mass is 10.2. The van der Waals surface area contributed by atoms with Crippen LogP contribution in [0.15, 0.2) is 47.4 Å². The molecular weight excluding hydrogens is 352 g/mol. The van der Waals surface area contributed by atoms with Crippen LogP contribution < -0.4 is 4.72 Å². The molecule has 0 atom stereocenters. The summed E-state index contributed by atoms with van der Waals surface area (Å²) in [7, 11) is -3.89. The highest BCUT2D eigenvalue weighted by Crippen LogP contribution is 2.21. The van der Waals surface area contributed by atoms with E-state index < -0.39 is 14.9 Å².